The van der Waals surface area contributed by atoms with E-state index in [0.717, 1.165) is 35.8 Å². The van der Waals surface area contributed by atoms with Crippen molar-refractivity contribution >= 4 is 43.4 Å². The van der Waals surface area contributed by atoms with Gasteiger partial charge in [-0.2, -0.15) is 11.8 Å². The Labute approximate surface area is 198 Å². The van der Waals surface area contributed by atoms with Crippen LogP contribution in [-0.4, -0.2) is 102 Å². The maximum Gasteiger partial charge on any atom is 0.315 e. The molecule has 0 aromatic carbocycles. The standard InChI is InChI=1S/C19H35N3O7S3/c1-32(25,26)31-13-12-29-11-10-28-9-8-27-7-6-20-17(23)5-3-2-4-16-18-15(14-30-16)21-19(24)22-18/h15-16,18H,2-14H2,1H3,(H,20,23)(H2,21,22,24)/t15?,16-,18?/m0/s1. The maximum atomic E-state index is 11.9. The van der Waals surface area contributed by atoms with E-state index < -0.39 is 8.87 Å². The molecule has 2 rings (SSSR count). The number of urea groups is 1. The van der Waals surface area contributed by atoms with Crippen molar-refractivity contribution in [3.8, 4) is 0 Å². The molecule has 2 heterocycles. The van der Waals surface area contributed by atoms with Crippen molar-refractivity contribution in [2.45, 2.75) is 43.0 Å². The summed E-state index contributed by atoms with van der Waals surface area (Å²) in [6.45, 7) is 2.98. The first-order chi connectivity index (χ1) is 15.3. The molecule has 0 aliphatic carbocycles. The minimum absolute atomic E-state index is 0.0313. The molecule has 2 fully saturated rings. The van der Waals surface area contributed by atoms with E-state index in [9.17, 15) is 18.0 Å². The molecule has 13 heteroatoms. The summed E-state index contributed by atoms with van der Waals surface area (Å²) in [6.07, 6.45) is 4.50. The third kappa shape index (κ3) is 11.9. The molecule has 3 atom stereocenters. The zero-order chi connectivity index (χ0) is 23.2. The average Bonchev–Trinajstić information content (AvgIpc) is 3.27. The summed E-state index contributed by atoms with van der Waals surface area (Å²) in [5.41, 5.74) is 0. The van der Waals surface area contributed by atoms with Crippen LogP contribution in [-0.2, 0) is 27.9 Å². The quantitative estimate of drug-likeness (QED) is 0.137. The predicted molar refractivity (Wildman–Crippen MR) is 127 cm³/mol. The highest BCUT2D eigenvalue weighted by Gasteiger charge is 2.42. The van der Waals surface area contributed by atoms with E-state index in [4.69, 9.17) is 14.2 Å². The first-order valence-corrected chi connectivity index (χ1v) is 15.3. The summed E-state index contributed by atoms with van der Waals surface area (Å²) in [5, 5.41) is 9.21. The number of carbonyl (C=O) groups excluding carboxylic acids is 2. The molecular weight excluding hydrogens is 478 g/mol. The van der Waals surface area contributed by atoms with Gasteiger partial charge in [-0.3, -0.25) is 4.79 Å². The Bertz CT molecular complexity index is 681. The van der Waals surface area contributed by atoms with Crippen LogP contribution in [0.5, 0.6) is 0 Å². The highest BCUT2D eigenvalue weighted by atomic mass is 33.1. The third-order valence-electron chi connectivity index (χ3n) is 4.92. The van der Waals surface area contributed by atoms with Crippen LogP contribution in [0.2, 0.25) is 0 Å². The number of amides is 3. The van der Waals surface area contributed by atoms with Crippen LogP contribution in [0.4, 0.5) is 4.79 Å². The molecule has 0 bridgehead atoms. The van der Waals surface area contributed by atoms with Gasteiger partial charge < -0.3 is 30.2 Å². The average molecular weight is 514 g/mol. The van der Waals surface area contributed by atoms with Crippen LogP contribution in [0.3, 0.4) is 0 Å². The number of nitrogens with one attached hydrogen (secondary N) is 3. The Balaban J connectivity index is 1.31. The number of unbranched alkanes of at least 4 members (excludes halogenated alkanes) is 1. The smallest absolute Gasteiger partial charge is 0.315 e. The van der Waals surface area contributed by atoms with Gasteiger partial charge >= 0.3 is 6.03 Å². The largest absolute Gasteiger partial charge is 0.378 e. The summed E-state index contributed by atoms with van der Waals surface area (Å²) in [6, 6.07) is 0.407. The molecule has 2 saturated heterocycles. The molecule has 2 aliphatic rings. The van der Waals surface area contributed by atoms with Gasteiger partial charge in [-0.25, -0.2) is 13.2 Å². The lowest BCUT2D eigenvalue weighted by Gasteiger charge is -2.16. The van der Waals surface area contributed by atoms with Crippen LogP contribution >= 0.6 is 22.6 Å². The molecule has 32 heavy (non-hydrogen) atoms. The zero-order valence-corrected chi connectivity index (χ0v) is 21.0. The van der Waals surface area contributed by atoms with Crippen molar-refractivity contribution in [3.05, 3.63) is 0 Å². The fraction of sp³-hybridized carbons (Fsp3) is 0.895. The van der Waals surface area contributed by atoms with Crippen LogP contribution in [0.15, 0.2) is 0 Å². The molecule has 0 radical (unpaired) electrons. The Kier molecular flexibility index (Phi) is 13.1. The van der Waals surface area contributed by atoms with Gasteiger partial charge in [0.15, 0.2) is 8.87 Å². The van der Waals surface area contributed by atoms with Crippen molar-refractivity contribution in [1.29, 1.82) is 0 Å². The molecule has 0 spiro atoms. The molecule has 3 amide bonds. The summed E-state index contributed by atoms with van der Waals surface area (Å²) >= 11 is 1.89. The maximum absolute atomic E-state index is 11.9. The van der Waals surface area contributed by atoms with E-state index in [1.807, 2.05) is 11.8 Å². The van der Waals surface area contributed by atoms with E-state index in [2.05, 4.69) is 16.0 Å². The molecule has 2 unspecified atom stereocenters. The summed E-state index contributed by atoms with van der Waals surface area (Å²) < 4.78 is 37.9. The molecule has 2 aliphatic heterocycles. The third-order valence-corrected chi connectivity index (χ3v) is 8.97. The predicted octanol–water partition coefficient (Wildman–Crippen LogP) is 0.571. The van der Waals surface area contributed by atoms with E-state index >= 15 is 0 Å². The van der Waals surface area contributed by atoms with Crippen LogP contribution < -0.4 is 16.0 Å². The first kappa shape index (κ1) is 27.5. The van der Waals surface area contributed by atoms with Crippen molar-refractivity contribution in [2.24, 2.45) is 0 Å². The van der Waals surface area contributed by atoms with Gasteiger partial charge in [0.2, 0.25) is 5.91 Å². The minimum Gasteiger partial charge on any atom is -0.378 e. The highest BCUT2D eigenvalue weighted by molar-refractivity contribution is 8.71. The topological polar surface area (TPSA) is 132 Å². The fourth-order valence-electron chi connectivity index (χ4n) is 3.41. The van der Waals surface area contributed by atoms with Crippen molar-refractivity contribution in [2.75, 3.05) is 63.9 Å². The van der Waals surface area contributed by atoms with Crippen LogP contribution in [0, 0.1) is 0 Å². The van der Waals surface area contributed by atoms with Crippen molar-refractivity contribution in [1.82, 2.24) is 16.0 Å². The Morgan fingerprint density at radius 1 is 1.09 bits per heavy atom. The number of fused-ring (bicyclic) bond motifs is 1. The molecule has 0 aromatic rings. The van der Waals surface area contributed by atoms with Gasteiger partial charge in [0.1, 0.15) is 0 Å². The molecular formula is C19H35N3O7S3. The van der Waals surface area contributed by atoms with Gasteiger partial charge in [-0.1, -0.05) is 6.42 Å². The first-order valence-electron chi connectivity index (χ1n) is 10.9. The van der Waals surface area contributed by atoms with Crippen molar-refractivity contribution in [3.63, 3.8) is 0 Å². The van der Waals surface area contributed by atoms with E-state index in [-0.39, 0.29) is 24.0 Å². The number of hydrogen-bond donors (Lipinski definition) is 3. The molecule has 3 N–H and O–H groups in total. The Morgan fingerprint density at radius 3 is 2.50 bits per heavy atom. The summed E-state index contributed by atoms with van der Waals surface area (Å²) in [4.78, 5) is 23.3. The lowest BCUT2D eigenvalue weighted by atomic mass is 10.0. The van der Waals surface area contributed by atoms with Gasteiger partial charge in [0.05, 0.1) is 51.7 Å². The second-order valence-electron chi connectivity index (χ2n) is 7.58. The highest BCUT2D eigenvalue weighted by Crippen LogP contribution is 2.33. The summed E-state index contributed by atoms with van der Waals surface area (Å²) in [5.74, 6) is 1.40. The van der Waals surface area contributed by atoms with E-state index in [0.29, 0.717) is 63.6 Å². The summed E-state index contributed by atoms with van der Waals surface area (Å²) in [7, 11) is -2.14. The van der Waals surface area contributed by atoms with Crippen LogP contribution in [0.25, 0.3) is 0 Å². The zero-order valence-electron chi connectivity index (χ0n) is 18.5. The fourth-order valence-corrected chi connectivity index (χ4v) is 6.56. The Hall–Kier alpha value is -0.730. The number of ether oxygens (including phenoxy) is 3. The second kappa shape index (κ2) is 15.2. The van der Waals surface area contributed by atoms with Crippen LogP contribution in [0.1, 0.15) is 25.7 Å². The second-order valence-corrected chi connectivity index (χ2v) is 13.4. The number of hydrogen-bond acceptors (Lipinski definition) is 9. The number of rotatable bonds is 18. The Morgan fingerprint density at radius 2 is 1.78 bits per heavy atom. The van der Waals surface area contributed by atoms with E-state index in [1.165, 1.54) is 6.26 Å². The lowest BCUT2D eigenvalue weighted by molar-refractivity contribution is -0.121. The van der Waals surface area contributed by atoms with Gasteiger partial charge in [-0.05, 0) is 23.6 Å². The van der Waals surface area contributed by atoms with Gasteiger partial charge in [0, 0.05) is 36.0 Å². The van der Waals surface area contributed by atoms with E-state index in [1.54, 1.807) is 0 Å². The van der Waals surface area contributed by atoms with Gasteiger partial charge in [-0.15, -0.1) is 0 Å². The number of thioether (sulfide) groups is 1. The normalized spacial score (nSPS) is 22.4. The minimum atomic E-state index is -3.01. The number of carbonyl (C=O) groups is 2. The van der Waals surface area contributed by atoms with Crippen molar-refractivity contribution < 1.29 is 32.2 Å². The molecule has 186 valence electrons. The molecule has 0 saturated carbocycles. The SMILES string of the molecule is CS(=O)(=O)SCCOCCOCCOCCNC(=O)CCCC[C@@H]1SCC2NC(=O)NC21. The molecule has 10 nitrogen and oxygen atoms in total. The lowest BCUT2D eigenvalue weighted by Crippen LogP contribution is -2.36. The van der Waals surface area contributed by atoms with Gasteiger partial charge in [0.25, 0.3) is 0 Å². The molecule has 0 aromatic heterocycles. The monoisotopic (exact) mass is 513 g/mol.